The number of nitrogens with zero attached hydrogens (tertiary/aromatic N) is 4. The number of aryl methyl sites for hydroxylation is 1. The molecule has 4 atom stereocenters. The van der Waals surface area contributed by atoms with Gasteiger partial charge in [-0.15, -0.1) is 0 Å². The number of amides is 1. The zero-order chi connectivity index (χ0) is 34.4. The van der Waals surface area contributed by atoms with E-state index in [-0.39, 0.29) is 58.6 Å². The van der Waals surface area contributed by atoms with E-state index in [2.05, 4.69) is 9.71 Å². The van der Waals surface area contributed by atoms with Crippen LogP contribution in [0.25, 0.3) is 0 Å². The maximum Gasteiger partial charge on any atom is 0.280 e. The highest BCUT2D eigenvalue weighted by Crippen LogP contribution is 2.29. The predicted octanol–water partition coefficient (Wildman–Crippen LogP) is 3.34. The Bertz CT molecular complexity index is 1720. The minimum Gasteiger partial charge on any atom is -0.490 e. The van der Waals surface area contributed by atoms with E-state index < -0.39 is 38.1 Å². The quantitative estimate of drug-likeness (QED) is 0.343. The van der Waals surface area contributed by atoms with Crippen LogP contribution in [0.3, 0.4) is 0 Å². The van der Waals surface area contributed by atoms with Gasteiger partial charge in [0.2, 0.25) is 10.0 Å². The first-order valence-electron chi connectivity index (χ1n) is 15.6. The number of fused-ring (bicyclic) bond motifs is 1. The van der Waals surface area contributed by atoms with Crippen molar-refractivity contribution in [3.05, 3.63) is 66.6 Å². The third-order valence-electron chi connectivity index (χ3n) is 8.15. The Balaban J connectivity index is 1.68. The molecule has 2 N–H and O–H groups in total. The molecule has 0 spiro atoms. The zero-order valence-corrected chi connectivity index (χ0v) is 29.1. The number of aliphatic hydroxyl groups excluding tert-OH is 1. The van der Waals surface area contributed by atoms with Gasteiger partial charge in [0.1, 0.15) is 5.75 Å². The minimum atomic E-state index is -4.05. The summed E-state index contributed by atoms with van der Waals surface area (Å²) in [6, 6.07) is 12.0. The molecule has 47 heavy (non-hydrogen) atoms. The van der Waals surface area contributed by atoms with Crippen molar-refractivity contribution >= 4 is 31.6 Å². The molecule has 1 aliphatic heterocycles. The zero-order valence-electron chi connectivity index (χ0n) is 27.4. The SMILES string of the molecule is C[C@@H]1CN([C@@H](C)CO)C(=O)c2cc(NS(=O)(=O)c3cn(C)cn3)ccc2O[C@@H](C)CCCCO[C@@H]1CN(C)S(=O)(=O)c1ccccc1. The van der Waals surface area contributed by atoms with Gasteiger partial charge in [-0.2, -0.15) is 12.7 Å². The molecule has 0 saturated carbocycles. The molecule has 2 aromatic carbocycles. The van der Waals surface area contributed by atoms with Gasteiger partial charge in [0.25, 0.3) is 15.9 Å². The number of sulfonamides is 2. The lowest BCUT2D eigenvalue weighted by Gasteiger charge is -2.35. The van der Waals surface area contributed by atoms with Gasteiger partial charge in [0.05, 0.1) is 41.6 Å². The number of imidazole rings is 1. The summed E-state index contributed by atoms with van der Waals surface area (Å²) in [5, 5.41) is 10.0. The number of hydrogen-bond donors (Lipinski definition) is 2. The average molecular weight is 692 g/mol. The lowest BCUT2D eigenvalue weighted by molar-refractivity contribution is -0.00833. The monoisotopic (exact) mass is 691 g/mol. The van der Waals surface area contributed by atoms with Crippen LogP contribution in [-0.4, -0.2) is 98.2 Å². The van der Waals surface area contributed by atoms with Crippen molar-refractivity contribution in [2.75, 3.05) is 38.1 Å². The van der Waals surface area contributed by atoms with Crippen molar-refractivity contribution in [1.82, 2.24) is 18.8 Å². The Kier molecular flexibility index (Phi) is 12.1. The molecule has 0 radical (unpaired) electrons. The minimum absolute atomic E-state index is 0.0451. The topological polar surface area (TPSA) is 160 Å². The molecule has 258 valence electrons. The number of likely N-dealkylation sites (N-methyl/N-ethyl adjacent to an activating group) is 1. The van der Waals surface area contributed by atoms with E-state index in [0.717, 1.165) is 6.42 Å². The third-order valence-corrected chi connectivity index (χ3v) is 11.3. The average Bonchev–Trinajstić information content (AvgIpc) is 3.49. The number of rotatable bonds is 9. The van der Waals surface area contributed by atoms with Crippen LogP contribution < -0.4 is 9.46 Å². The molecule has 1 aliphatic rings. The summed E-state index contributed by atoms with van der Waals surface area (Å²) < 4.78 is 70.5. The summed E-state index contributed by atoms with van der Waals surface area (Å²) >= 11 is 0. The van der Waals surface area contributed by atoms with Crippen LogP contribution in [0, 0.1) is 5.92 Å². The number of carbonyl (C=O) groups is 1. The molecule has 0 saturated heterocycles. The fourth-order valence-corrected chi connectivity index (χ4v) is 7.54. The van der Waals surface area contributed by atoms with Crippen LogP contribution >= 0.6 is 0 Å². The first-order valence-corrected chi connectivity index (χ1v) is 18.5. The molecule has 3 aromatic rings. The smallest absolute Gasteiger partial charge is 0.280 e. The van der Waals surface area contributed by atoms with Crippen LogP contribution in [0.4, 0.5) is 5.69 Å². The lowest BCUT2D eigenvalue weighted by atomic mass is 10.0. The van der Waals surface area contributed by atoms with Gasteiger partial charge in [-0.05, 0) is 63.4 Å². The van der Waals surface area contributed by atoms with Gasteiger partial charge in [0, 0.05) is 51.6 Å². The number of aromatic nitrogens is 2. The van der Waals surface area contributed by atoms with Crippen LogP contribution in [0.15, 0.2) is 71.0 Å². The maximum atomic E-state index is 14.3. The second-order valence-electron chi connectivity index (χ2n) is 12.1. The standard InChI is InChI=1S/C32H45N5O8S2/c1-23-18-37(24(2)21-38)32(39)28-17-26(34-46(40,41)31-20-35(4)22-33-31)14-15-29(28)45-25(3)11-9-10-16-44-30(23)19-36(5)47(42,43)27-12-7-6-8-13-27/h6-8,12-15,17,20,22-25,30,34,38H,9-11,16,18-19,21H2,1-5H3/t23-,24+,25+,30-/m1/s1. The largest absolute Gasteiger partial charge is 0.490 e. The Labute approximate surface area is 277 Å². The Morgan fingerprint density at radius 1 is 1.11 bits per heavy atom. The maximum absolute atomic E-state index is 14.3. The Hall–Kier alpha value is -3.50. The van der Waals surface area contributed by atoms with Gasteiger partial charge in [-0.1, -0.05) is 25.1 Å². The highest BCUT2D eigenvalue weighted by Gasteiger charge is 2.32. The second-order valence-corrected chi connectivity index (χ2v) is 15.8. The van der Waals surface area contributed by atoms with Gasteiger partial charge in [-0.25, -0.2) is 13.4 Å². The summed E-state index contributed by atoms with van der Waals surface area (Å²) in [5.74, 6) is -0.566. The normalized spacial score (nSPS) is 21.0. The molecule has 13 nitrogen and oxygen atoms in total. The molecule has 4 rings (SSSR count). The molecular formula is C32H45N5O8S2. The van der Waals surface area contributed by atoms with Gasteiger partial charge < -0.3 is 24.0 Å². The molecule has 0 unspecified atom stereocenters. The first-order chi connectivity index (χ1) is 22.2. The number of hydrogen-bond acceptors (Lipinski definition) is 9. The van der Waals surface area contributed by atoms with Crippen LogP contribution in [0.1, 0.15) is 50.4 Å². The van der Waals surface area contributed by atoms with Crippen LogP contribution in [-0.2, 0) is 31.8 Å². The summed E-state index contributed by atoms with van der Waals surface area (Å²) in [4.78, 5) is 19.9. The molecule has 0 aliphatic carbocycles. The lowest BCUT2D eigenvalue weighted by Crippen LogP contribution is -2.48. The molecule has 1 aromatic heterocycles. The van der Waals surface area contributed by atoms with E-state index in [1.807, 2.05) is 13.8 Å². The molecule has 2 heterocycles. The number of anilines is 1. The van der Waals surface area contributed by atoms with Crippen molar-refractivity contribution in [2.24, 2.45) is 13.0 Å². The second kappa shape index (κ2) is 15.6. The number of carbonyl (C=O) groups excluding carboxylic acids is 1. The van der Waals surface area contributed by atoms with Crippen LogP contribution in [0.5, 0.6) is 5.75 Å². The van der Waals surface area contributed by atoms with Crippen LogP contribution in [0.2, 0.25) is 0 Å². The van der Waals surface area contributed by atoms with E-state index >= 15 is 0 Å². The van der Waals surface area contributed by atoms with E-state index in [1.54, 1.807) is 50.4 Å². The van der Waals surface area contributed by atoms with Gasteiger partial charge in [0.15, 0.2) is 5.03 Å². The Morgan fingerprint density at radius 2 is 1.83 bits per heavy atom. The van der Waals surface area contributed by atoms with Crippen molar-refractivity contribution in [1.29, 1.82) is 0 Å². The van der Waals surface area contributed by atoms with Crippen molar-refractivity contribution in [3.63, 3.8) is 0 Å². The van der Waals surface area contributed by atoms with E-state index in [4.69, 9.17) is 9.47 Å². The highest BCUT2D eigenvalue weighted by molar-refractivity contribution is 7.92. The number of aliphatic hydroxyl groups is 1. The summed E-state index contributed by atoms with van der Waals surface area (Å²) in [6.07, 6.45) is 4.02. The Morgan fingerprint density at radius 3 is 2.49 bits per heavy atom. The third kappa shape index (κ3) is 9.11. The number of nitrogens with one attached hydrogen (secondary N) is 1. The van der Waals surface area contributed by atoms with Gasteiger partial charge in [-0.3, -0.25) is 9.52 Å². The molecule has 15 heteroatoms. The van der Waals surface area contributed by atoms with Crippen molar-refractivity contribution in [3.8, 4) is 5.75 Å². The van der Waals surface area contributed by atoms with E-state index in [1.165, 1.54) is 45.5 Å². The first kappa shape index (κ1) is 36.3. The summed E-state index contributed by atoms with van der Waals surface area (Å²) in [5.41, 5.74) is 0.252. The molecule has 0 bridgehead atoms. The fourth-order valence-electron chi connectivity index (χ4n) is 5.31. The molecule has 1 amide bonds. The highest BCUT2D eigenvalue weighted by atomic mass is 32.2. The fraction of sp³-hybridized carbons (Fsp3) is 0.500. The van der Waals surface area contributed by atoms with Crippen molar-refractivity contribution in [2.45, 2.75) is 68.2 Å². The number of ether oxygens (including phenoxy) is 2. The van der Waals surface area contributed by atoms with E-state index in [0.29, 0.717) is 19.4 Å². The van der Waals surface area contributed by atoms with E-state index in [9.17, 15) is 26.7 Å². The molecular weight excluding hydrogens is 647 g/mol. The summed E-state index contributed by atoms with van der Waals surface area (Å²) in [7, 11) is -4.69. The summed E-state index contributed by atoms with van der Waals surface area (Å²) in [6.45, 7) is 5.67. The molecule has 0 fully saturated rings. The van der Waals surface area contributed by atoms with Gasteiger partial charge >= 0.3 is 0 Å². The van der Waals surface area contributed by atoms with Crippen molar-refractivity contribution < 1.29 is 36.2 Å². The predicted molar refractivity (Wildman–Crippen MR) is 177 cm³/mol. The number of benzene rings is 2.